The van der Waals surface area contributed by atoms with Gasteiger partial charge in [-0.25, -0.2) is 4.79 Å². The number of hydrogen-bond acceptors (Lipinski definition) is 3. The highest BCUT2D eigenvalue weighted by atomic mass is 79.9. The quantitative estimate of drug-likeness (QED) is 0.837. The number of aryl methyl sites for hydroxylation is 1. The standard InChI is InChI=1S/C8H6BrN3O2/c1-12-6-4(7(9)11-12)2-10-3-5(6)8(13)14/h2-3H,1H3,(H,13,14). The zero-order valence-corrected chi connectivity index (χ0v) is 8.82. The zero-order chi connectivity index (χ0) is 10.3. The van der Waals surface area contributed by atoms with Crippen LogP contribution in [0.3, 0.4) is 0 Å². The Kier molecular flexibility index (Phi) is 1.99. The molecule has 0 aliphatic heterocycles. The van der Waals surface area contributed by atoms with E-state index in [2.05, 4.69) is 26.0 Å². The molecule has 0 aromatic carbocycles. The van der Waals surface area contributed by atoms with Crippen LogP contribution in [0.1, 0.15) is 10.4 Å². The molecule has 1 N–H and O–H groups in total. The third kappa shape index (κ3) is 1.19. The van der Waals surface area contributed by atoms with Crippen LogP contribution in [0.5, 0.6) is 0 Å². The van der Waals surface area contributed by atoms with E-state index in [0.717, 1.165) is 0 Å². The second-order valence-corrected chi connectivity index (χ2v) is 3.55. The number of hydrogen-bond donors (Lipinski definition) is 1. The molecule has 0 unspecified atom stereocenters. The Morgan fingerprint density at radius 1 is 1.57 bits per heavy atom. The van der Waals surface area contributed by atoms with Gasteiger partial charge in [-0.15, -0.1) is 0 Å². The molecule has 0 saturated heterocycles. The van der Waals surface area contributed by atoms with Crippen molar-refractivity contribution in [2.24, 2.45) is 7.05 Å². The lowest BCUT2D eigenvalue weighted by atomic mass is 10.2. The van der Waals surface area contributed by atoms with Crippen molar-refractivity contribution < 1.29 is 9.90 Å². The summed E-state index contributed by atoms with van der Waals surface area (Å²) >= 11 is 3.24. The molecule has 0 amide bonds. The predicted octanol–water partition coefficient (Wildman–Crippen LogP) is 1.43. The van der Waals surface area contributed by atoms with E-state index < -0.39 is 5.97 Å². The van der Waals surface area contributed by atoms with Crippen LogP contribution in [0, 0.1) is 0 Å². The molecule has 2 heterocycles. The van der Waals surface area contributed by atoms with Crippen molar-refractivity contribution >= 4 is 32.8 Å². The average Bonchev–Trinajstić information content (AvgIpc) is 2.43. The molecule has 0 fully saturated rings. The first-order chi connectivity index (χ1) is 6.61. The number of halogens is 1. The molecule has 5 nitrogen and oxygen atoms in total. The molecule has 0 bridgehead atoms. The number of aromatic carboxylic acids is 1. The summed E-state index contributed by atoms with van der Waals surface area (Å²) in [5.41, 5.74) is 0.725. The minimum atomic E-state index is -1.00. The van der Waals surface area contributed by atoms with Crippen LogP contribution >= 0.6 is 15.9 Å². The van der Waals surface area contributed by atoms with Crippen molar-refractivity contribution in [2.75, 3.05) is 0 Å². The van der Waals surface area contributed by atoms with Gasteiger partial charge in [0.05, 0.1) is 10.9 Å². The Hall–Kier alpha value is -1.43. The fraction of sp³-hybridized carbons (Fsp3) is 0.125. The van der Waals surface area contributed by atoms with Crippen LogP contribution in [0.15, 0.2) is 17.0 Å². The monoisotopic (exact) mass is 255 g/mol. The van der Waals surface area contributed by atoms with Gasteiger partial charge in [0.25, 0.3) is 0 Å². The van der Waals surface area contributed by atoms with E-state index in [-0.39, 0.29) is 5.56 Å². The van der Waals surface area contributed by atoms with Crippen LogP contribution in [-0.4, -0.2) is 25.8 Å². The number of carboxylic acids is 1. The molecule has 72 valence electrons. The summed E-state index contributed by atoms with van der Waals surface area (Å²) in [5.74, 6) is -1.00. The topological polar surface area (TPSA) is 68.0 Å². The summed E-state index contributed by atoms with van der Waals surface area (Å²) in [7, 11) is 1.69. The third-order valence-electron chi connectivity index (χ3n) is 1.93. The lowest BCUT2D eigenvalue weighted by Crippen LogP contribution is -2.01. The lowest BCUT2D eigenvalue weighted by Gasteiger charge is -1.98. The van der Waals surface area contributed by atoms with Gasteiger partial charge in [-0.1, -0.05) is 0 Å². The number of aromatic nitrogens is 3. The van der Waals surface area contributed by atoms with Gasteiger partial charge in [0, 0.05) is 19.4 Å². The van der Waals surface area contributed by atoms with Gasteiger partial charge < -0.3 is 5.11 Å². The zero-order valence-electron chi connectivity index (χ0n) is 7.23. The highest BCUT2D eigenvalue weighted by Crippen LogP contribution is 2.24. The molecule has 2 aromatic rings. The summed E-state index contributed by atoms with van der Waals surface area (Å²) in [6.07, 6.45) is 2.90. The Morgan fingerprint density at radius 2 is 2.29 bits per heavy atom. The first-order valence-corrected chi connectivity index (χ1v) is 4.60. The van der Waals surface area contributed by atoms with E-state index >= 15 is 0 Å². The van der Waals surface area contributed by atoms with Gasteiger partial charge in [0.15, 0.2) is 0 Å². The van der Waals surface area contributed by atoms with E-state index in [1.165, 1.54) is 10.9 Å². The van der Waals surface area contributed by atoms with Crippen LogP contribution in [0.2, 0.25) is 0 Å². The van der Waals surface area contributed by atoms with Gasteiger partial charge in [-0.2, -0.15) is 5.10 Å². The van der Waals surface area contributed by atoms with Crippen molar-refractivity contribution in [1.82, 2.24) is 14.8 Å². The maximum Gasteiger partial charge on any atom is 0.339 e. The molecule has 14 heavy (non-hydrogen) atoms. The van der Waals surface area contributed by atoms with Gasteiger partial charge >= 0.3 is 5.97 Å². The van der Waals surface area contributed by atoms with Gasteiger partial charge in [0.1, 0.15) is 10.2 Å². The minimum Gasteiger partial charge on any atom is -0.478 e. The smallest absolute Gasteiger partial charge is 0.339 e. The molecule has 0 aliphatic carbocycles. The first kappa shape index (κ1) is 9.14. The van der Waals surface area contributed by atoms with Crippen molar-refractivity contribution in [3.05, 3.63) is 22.6 Å². The van der Waals surface area contributed by atoms with Gasteiger partial charge in [-0.05, 0) is 15.9 Å². The third-order valence-corrected chi connectivity index (χ3v) is 2.52. The normalized spacial score (nSPS) is 10.7. The maximum absolute atomic E-state index is 10.9. The Labute approximate surface area is 87.5 Å². The van der Waals surface area contributed by atoms with E-state index in [1.807, 2.05) is 0 Å². The van der Waals surface area contributed by atoms with Crippen LogP contribution in [0.25, 0.3) is 10.9 Å². The van der Waals surface area contributed by atoms with E-state index in [4.69, 9.17) is 5.11 Å². The maximum atomic E-state index is 10.9. The molecule has 0 atom stereocenters. The molecule has 0 aliphatic rings. The summed E-state index contributed by atoms with van der Waals surface area (Å²) in [5, 5.41) is 13.7. The number of rotatable bonds is 1. The fourth-order valence-corrected chi connectivity index (χ4v) is 1.87. The second-order valence-electron chi connectivity index (χ2n) is 2.80. The van der Waals surface area contributed by atoms with Crippen molar-refractivity contribution in [3.8, 4) is 0 Å². The van der Waals surface area contributed by atoms with Gasteiger partial charge in [-0.3, -0.25) is 9.67 Å². The Balaban J connectivity index is 2.92. The van der Waals surface area contributed by atoms with E-state index in [1.54, 1.807) is 13.2 Å². The summed E-state index contributed by atoms with van der Waals surface area (Å²) in [6, 6.07) is 0. The second kappa shape index (κ2) is 3.06. The van der Waals surface area contributed by atoms with Crippen molar-refractivity contribution in [3.63, 3.8) is 0 Å². The predicted molar refractivity (Wildman–Crippen MR) is 53.2 cm³/mol. The molecule has 6 heteroatoms. The highest BCUT2D eigenvalue weighted by molar-refractivity contribution is 9.10. The minimum absolute atomic E-state index is 0.156. The largest absolute Gasteiger partial charge is 0.478 e. The molecule has 0 radical (unpaired) electrons. The molecule has 2 aromatic heterocycles. The average molecular weight is 256 g/mol. The number of nitrogens with zero attached hydrogens (tertiary/aromatic N) is 3. The summed E-state index contributed by atoms with van der Waals surface area (Å²) < 4.78 is 2.12. The molecule has 0 spiro atoms. The fourth-order valence-electron chi connectivity index (χ4n) is 1.35. The number of carbonyl (C=O) groups is 1. The van der Waals surface area contributed by atoms with Gasteiger partial charge in [0.2, 0.25) is 0 Å². The summed E-state index contributed by atoms with van der Waals surface area (Å²) in [6.45, 7) is 0. The van der Waals surface area contributed by atoms with Crippen molar-refractivity contribution in [2.45, 2.75) is 0 Å². The lowest BCUT2D eigenvalue weighted by molar-refractivity contribution is 0.0698. The van der Waals surface area contributed by atoms with Crippen molar-refractivity contribution in [1.29, 1.82) is 0 Å². The number of pyridine rings is 1. The summed E-state index contributed by atoms with van der Waals surface area (Å²) in [4.78, 5) is 14.7. The Morgan fingerprint density at radius 3 is 2.93 bits per heavy atom. The Bertz CT molecular complexity index is 521. The molecule has 2 rings (SSSR count). The number of carboxylic acid groups (broad SMARTS) is 1. The number of fused-ring (bicyclic) bond motifs is 1. The van der Waals surface area contributed by atoms with Crippen LogP contribution in [-0.2, 0) is 7.05 Å². The van der Waals surface area contributed by atoms with Crippen LogP contribution < -0.4 is 0 Å². The molecular weight excluding hydrogens is 250 g/mol. The van der Waals surface area contributed by atoms with E-state index in [9.17, 15) is 4.79 Å². The SMILES string of the molecule is Cn1nc(Br)c2cncc(C(=O)O)c21. The first-order valence-electron chi connectivity index (χ1n) is 3.80. The molecular formula is C8H6BrN3O2. The van der Waals surface area contributed by atoms with E-state index in [0.29, 0.717) is 15.5 Å². The highest BCUT2D eigenvalue weighted by Gasteiger charge is 2.15. The van der Waals surface area contributed by atoms with Crippen LogP contribution in [0.4, 0.5) is 0 Å². The molecule has 0 saturated carbocycles.